The Morgan fingerprint density at radius 3 is 2.58 bits per heavy atom. The number of pyridine rings is 1. The monoisotopic (exact) mass is 459 g/mol. The summed E-state index contributed by atoms with van der Waals surface area (Å²) in [5.41, 5.74) is 11.9. The van der Waals surface area contributed by atoms with E-state index in [0.29, 0.717) is 31.4 Å². The van der Waals surface area contributed by atoms with Crippen LogP contribution in [0.3, 0.4) is 0 Å². The molecule has 2 aromatic heterocycles. The summed E-state index contributed by atoms with van der Waals surface area (Å²) in [6.45, 7) is 0.258. The maximum Gasteiger partial charge on any atom is 0.254 e. The molecular formula is C22H24F3N7O. The number of aromatic nitrogens is 3. The molecule has 4 rings (SSSR count). The first kappa shape index (κ1) is 22.6. The van der Waals surface area contributed by atoms with E-state index in [-0.39, 0.29) is 29.7 Å². The molecule has 1 saturated carbocycles. The molecular weight excluding hydrogens is 435 g/mol. The number of nitrogens with one attached hydrogen (secondary N) is 2. The number of hydrogen-bond acceptors (Lipinski definition) is 6. The first-order chi connectivity index (χ1) is 15.8. The highest BCUT2D eigenvalue weighted by atomic mass is 19.1. The summed E-state index contributed by atoms with van der Waals surface area (Å²) in [4.78, 5) is 15.5. The zero-order valence-corrected chi connectivity index (χ0v) is 17.7. The van der Waals surface area contributed by atoms with Crippen LogP contribution in [0.1, 0.15) is 36.0 Å². The van der Waals surface area contributed by atoms with Crippen LogP contribution in [-0.2, 0) is 5.54 Å². The first-order valence-electron chi connectivity index (χ1n) is 10.5. The van der Waals surface area contributed by atoms with Crippen molar-refractivity contribution in [2.75, 3.05) is 17.2 Å². The molecule has 1 aliphatic rings. The highest BCUT2D eigenvalue weighted by molar-refractivity contribution is 5.98. The lowest BCUT2D eigenvalue weighted by Gasteiger charge is -2.40. The van der Waals surface area contributed by atoms with E-state index in [1.165, 1.54) is 30.5 Å². The van der Waals surface area contributed by atoms with Gasteiger partial charge in [-0.3, -0.25) is 9.48 Å². The summed E-state index contributed by atoms with van der Waals surface area (Å²) < 4.78 is 42.2. The summed E-state index contributed by atoms with van der Waals surface area (Å²) in [5.74, 6) is -2.46. The van der Waals surface area contributed by atoms with Gasteiger partial charge in [-0.15, -0.1) is 0 Å². The Bertz CT molecular complexity index is 1160. The van der Waals surface area contributed by atoms with Gasteiger partial charge in [-0.1, -0.05) is 0 Å². The average Bonchev–Trinajstić information content (AvgIpc) is 3.21. The molecule has 1 fully saturated rings. The number of anilines is 3. The highest BCUT2D eigenvalue weighted by Gasteiger charge is 2.38. The van der Waals surface area contributed by atoms with Crippen molar-refractivity contribution in [3.63, 3.8) is 0 Å². The van der Waals surface area contributed by atoms with E-state index in [4.69, 9.17) is 11.5 Å². The smallest absolute Gasteiger partial charge is 0.254 e. The number of carbonyl (C=O) groups excluding carboxylic acids is 1. The number of halogens is 3. The number of carbonyl (C=O) groups is 1. The van der Waals surface area contributed by atoms with Crippen LogP contribution in [0.4, 0.5) is 30.4 Å². The lowest BCUT2D eigenvalue weighted by molar-refractivity contribution is 0.100. The number of primary amides is 1. The van der Waals surface area contributed by atoms with Crippen LogP contribution in [0.2, 0.25) is 0 Å². The molecule has 174 valence electrons. The van der Waals surface area contributed by atoms with Gasteiger partial charge in [0.05, 0.1) is 11.2 Å². The van der Waals surface area contributed by atoms with Crippen molar-refractivity contribution in [2.24, 2.45) is 11.5 Å². The van der Waals surface area contributed by atoms with Crippen LogP contribution < -0.4 is 22.1 Å². The Hall–Kier alpha value is -3.60. The molecule has 0 aliphatic heterocycles. The van der Waals surface area contributed by atoms with Crippen molar-refractivity contribution in [2.45, 2.75) is 37.3 Å². The summed E-state index contributed by atoms with van der Waals surface area (Å²) in [5, 5.41) is 10.5. The first-order valence-corrected chi connectivity index (χ1v) is 10.5. The van der Waals surface area contributed by atoms with Crippen molar-refractivity contribution < 1.29 is 18.0 Å². The van der Waals surface area contributed by atoms with Crippen LogP contribution in [0.25, 0.3) is 0 Å². The van der Waals surface area contributed by atoms with Crippen molar-refractivity contribution in [3.8, 4) is 0 Å². The van der Waals surface area contributed by atoms with Gasteiger partial charge in [-0.25, -0.2) is 13.8 Å². The van der Waals surface area contributed by atoms with E-state index in [2.05, 4.69) is 20.7 Å². The molecule has 0 spiro atoms. The van der Waals surface area contributed by atoms with Gasteiger partial charge in [0.1, 0.15) is 17.2 Å². The summed E-state index contributed by atoms with van der Waals surface area (Å²) in [6.07, 6.45) is 5.34. The van der Waals surface area contributed by atoms with Gasteiger partial charge in [0, 0.05) is 42.8 Å². The molecule has 1 aliphatic carbocycles. The molecule has 8 nitrogen and oxygen atoms in total. The molecule has 0 radical (unpaired) electrons. The largest absolute Gasteiger partial charge is 0.380 e. The number of amides is 1. The molecule has 11 heteroatoms. The van der Waals surface area contributed by atoms with Crippen molar-refractivity contribution >= 4 is 23.1 Å². The predicted octanol–water partition coefficient (Wildman–Crippen LogP) is 3.25. The third kappa shape index (κ3) is 4.77. The van der Waals surface area contributed by atoms with Gasteiger partial charge in [0.25, 0.3) is 5.91 Å². The second kappa shape index (κ2) is 9.10. The zero-order valence-electron chi connectivity index (χ0n) is 17.7. The molecule has 1 aromatic carbocycles. The molecule has 3 aromatic rings. The van der Waals surface area contributed by atoms with Gasteiger partial charge in [-0.2, -0.15) is 9.49 Å². The Morgan fingerprint density at radius 2 is 1.94 bits per heavy atom. The fourth-order valence-corrected chi connectivity index (χ4v) is 4.16. The Kier molecular flexibility index (Phi) is 6.23. The van der Waals surface area contributed by atoms with E-state index in [1.807, 2.05) is 0 Å². The molecule has 33 heavy (non-hydrogen) atoms. The minimum Gasteiger partial charge on any atom is -0.380 e. The van der Waals surface area contributed by atoms with Crippen LogP contribution in [-0.4, -0.2) is 33.3 Å². The molecule has 0 saturated heterocycles. The molecule has 0 atom stereocenters. The van der Waals surface area contributed by atoms with Crippen molar-refractivity contribution in [1.82, 2.24) is 14.8 Å². The summed E-state index contributed by atoms with van der Waals surface area (Å²) in [6, 6.07) is 6.10. The molecule has 0 unspecified atom stereocenters. The van der Waals surface area contributed by atoms with Gasteiger partial charge >= 0.3 is 0 Å². The van der Waals surface area contributed by atoms with E-state index >= 15 is 0 Å². The number of benzene rings is 1. The maximum absolute atomic E-state index is 14.0. The third-order valence-corrected chi connectivity index (χ3v) is 6.04. The lowest BCUT2D eigenvalue weighted by atomic mass is 9.79. The second-order valence-corrected chi connectivity index (χ2v) is 8.16. The minimum atomic E-state index is -0.687. The van der Waals surface area contributed by atoms with Crippen molar-refractivity contribution in [1.29, 1.82) is 0 Å². The third-order valence-electron chi connectivity index (χ3n) is 6.04. The normalized spacial score (nSPS) is 20.4. The Balaban J connectivity index is 1.53. The van der Waals surface area contributed by atoms with Crippen molar-refractivity contribution in [3.05, 3.63) is 65.9 Å². The molecule has 1 amide bonds. The number of hydrogen-bond donors (Lipinski definition) is 4. The maximum atomic E-state index is 14.0. The van der Waals surface area contributed by atoms with E-state index in [0.717, 1.165) is 6.07 Å². The van der Waals surface area contributed by atoms with Gasteiger partial charge in [0.2, 0.25) is 5.95 Å². The van der Waals surface area contributed by atoms with Gasteiger partial charge in [-0.05, 0) is 43.9 Å². The quantitative estimate of drug-likeness (QED) is 0.402. The molecule has 0 bridgehead atoms. The highest BCUT2D eigenvalue weighted by Crippen LogP contribution is 2.36. The number of nitrogens with zero attached hydrogens (tertiary/aromatic N) is 3. The number of rotatable bonds is 7. The standard InChI is InChI=1S/C22H24F3N7O/c23-13-1-2-18(17(24)9-13)29-14-3-6-22(12-26,7-4-14)32-11-16(20(27)33)21(31-32)30-15-5-8-28-19(25)10-15/h1-2,5,8-11,14,29H,3-4,6-7,12,26H2,(H2,27,33)(H,28,30,31). The average molecular weight is 459 g/mol. The summed E-state index contributed by atoms with van der Waals surface area (Å²) >= 11 is 0. The van der Waals surface area contributed by atoms with Crippen LogP contribution >= 0.6 is 0 Å². The lowest BCUT2D eigenvalue weighted by Crippen LogP contribution is -2.46. The summed E-state index contributed by atoms with van der Waals surface area (Å²) in [7, 11) is 0. The Labute approximate surface area is 188 Å². The van der Waals surface area contributed by atoms with E-state index < -0.39 is 29.0 Å². The van der Waals surface area contributed by atoms with Crippen LogP contribution in [0, 0.1) is 17.6 Å². The van der Waals surface area contributed by atoms with E-state index in [1.54, 1.807) is 10.9 Å². The predicted molar refractivity (Wildman–Crippen MR) is 117 cm³/mol. The topological polar surface area (TPSA) is 124 Å². The van der Waals surface area contributed by atoms with Crippen LogP contribution in [0.15, 0.2) is 42.7 Å². The number of nitrogens with two attached hydrogens (primary N) is 2. The van der Waals surface area contributed by atoms with Gasteiger partial charge < -0.3 is 22.1 Å². The fourth-order valence-electron chi connectivity index (χ4n) is 4.16. The van der Waals surface area contributed by atoms with E-state index in [9.17, 15) is 18.0 Å². The van der Waals surface area contributed by atoms with Crippen LogP contribution in [0.5, 0.6) is 0 Å². The fraction of sp³-hybridized carbons (Fsp3) is 0.318. The SMILES string of the molecule is NCC1(n2cc(C(N)=O)c(Nc3ccnc(F)c3)n2)CCC(Nc2ccc(F)cc2F)CC1. The molecule has 2 heterocycles. The zero-order chi connectivity index (χ0) is 23.6. The van der Waals surface area contributed by atoms with Gasteiger partial charge in [0.15, 0.2) is 5.82 Å². The minimum absolute atomic E-state index is 0.0341. The molecule has 6 N–H and O–H groups in total. The Morgan fingerprint density at radius 1 is 1.18 bits per heavy atom. The second-order valence-electron chi connectivity index (χ2n) is 8.16.